The van der Waals surface area contributed by atoms with Crippen LogP contribution in [0.4, 0.5) is 22.0 Å². The highest BCUT2D eigenvalue weighted by Gasteiger charge is 2.57. The molecule has 0 aliphatic heterocycles. The zero-order valence-corrected chi connectivity index (χ0v) is 18.8. The summed E-state index contributed by atoms with van der Waals surface area (Å²) in [6.07, 6.45) is -3.28. The molecule has 0 N–H and O–H groups in total. The summed E-state index contributed by atoms with van der Waals surface area (Å²) >= 11 is 2.09. The smallest absolute Gasteiger partial charge is 0.257 e. The predicted octanol–water partition coefficient (Wildman–Crippen LogP) is 5.37. The van der Waals surface area contributed by atoms with E-state index in [0.29, 0.717) is 21.4 Å². The van der Waals surface area contributed by atoms with E-state index in [1.807, 2.05) is 18.2 Å². The second-order valence-electron chi connectivity index (χ2n) is 7.78. The molecule has 0 unspecified atom stereocenters. The van der Waals surface area contributed by atoms with E-state index in [2.05, 4.69) is 43.8 Å². The molecule has 0 saturated heterocycles. The number of pyridine rings is 1. The Hall–Kier alpha value is -2.82. The Labute approximate surface area is 191 Å². The maximum Gasteiger partial charge on any atom is 0.455 e. The van der Waals surface area contributed by atoms with Gasteiger partial charge in [0.1, 0.15) is 10.2 Å². The first-order chi connectivity index (χ1) is 14.8. The van der Waals surface area contributed by atoms with Crippen LogP contribution in [0.2, 0.25) is 0 Å². The fourth-order valence-corrected chi connectivity index (χ4v) is 3.96. The summed E-state index contributed by atoms with van der Waals surface area (Å²) in [5.41, 5.74) is 0.775. The third-order valence-electron chi connectivity index (χ3n) is 5.11. The lowest BCUT2D eigenvalue weighted by Gasteiger charge is -2.19. The van der Waals surface area contributed by atoms with Crippen molar-refractivity contribution in [3.63, 3.8) is 0 Å². The molecule has 0 atom stereocenters. The van der Waals surface area contributed by atoms with Crippen molar-refractivity contribution >= 4 is 44.4 Å². The molecule has 3 aromatic heterocycles. The first-order valence-corrected chi connectivity index (χ1v) is 10.3. The van der Waals surface area contributed by atoms with Gasteiger partial charge >= 0.3 is 12.1 Å². The van der Waals surface area contributed by atoms with Gasteiger partial charge in [0.2, 0.25) is 0 Å². The molecule has 0 radical (unpaired) electrons. The lowest BCUT2D eigenvalue weighted by Crippen LogP contribution is -2.40. The van der Waals surface area contributed by atoms with Crippen LogP contribution in [0.15, 0.2) is 36.7 Å². The van der Waals surface area contributed by atoms with Crippen LogP contribution in [-0.2, 0) is 12.0 Å². The fourth-order valence-electron chi connectivity index (χ4n) is 3.14. The number of halogens is 6. The minimum absolute atomic E-state index is 0.0439. The quantitative estimate of drug-likeness (QED) is 0.249. The molecular formula is C20H14F5IN6. The average Bonchev–Trinajstić information content (AvgIpc) is 3.27. The Morgan fingerprint density at radius 1 is 1.09 bits per heavy atom. The summed E-state index contributed by atoms with van der Waals surface area (Å²) in [6.45, 7) is 1.96. The highest BCUT2D eigenvalue weighted by atomic mass is 127. The summed E-state index contributed by atoms with van der Waals surface area (Å²) in [5, 5.41) is 18.8. The SMILES string of the molecule is CC(C)(C#N)c1ccc2c(I)n(-c3cc4cnn(CC(F)(F)C(F)(F)F)c4cn3)nc2c1. The van der Waals surface area contributed by atoms with Crippen molar-refractivity contribution in [2.45, 2.75) is 37.9 Å². The third-order valence-corrected chi connectivity index (χ3v) is 6.15. The largest absolute Gasteiger partial charge is 0.455 e. The van der Waals surface area contributed by atoms with E-state index in [-0.39, 0.29) is 5.52 Å². The lowest BCUT2D eigenvalue weighted by molar-refractivity contribution is -0.287. The molecule has 166 valence electrons. The summed E-state index contributed by atoms with van der Waals surface area (Å²) in [6, 6.07) is 9.27. The van der Waals surface area contributed by atoms with Crippen molar-refractivity contribution in [3.05, 3.63) is 45.9 Å². The standard InChI is InChI=1S/C20H14F5IN6/c1-18(2,9-27)12-3-4-13-14(6-12)30-32(17(13)26)16-5-11-7-29-31(15(11)8-28-16)10-19(21,22)20(23,24)25/h3-8H,10H2,1-2H3. The Bertz CT molecular complexity index is 1380. The molecular weight excluding hydrogens is 546 g/mol. The highest BCUT2D eigenvalue weighted by molar-refractivity contribution is 14.1. The summed E-state index contributed by atoms with van der Waals surface area (Å²) in [4.78, 5) is 4.20. The van der Waals surface area contributed by atoms with Crippen LogP contribution in [0, 0.1) is 15.0 Å². The van der Waals surface area contributed by atoms with Gasteiger partial charge in [0.15, 0.2) is 5.82 Å². The first kappa shape index (κ1) is 22.4. The van der Waals surface area contributed by atoms with Crippen LogP contribution in [0.5, 0.6) is 0 Å². The number of hydrogen-bond acceptors (Lipinski definition) is 4. The predicted molar refractivity (Wildman–Crippen MR) is 115 cm³/mol. The summed E-state index contributed by atoms with van der Waals surface area (Å²) in [5.74, 6) is -4.57. The molecule has 0 bridgehead atoms. The Kier molecular flexibility index (Phi) is 5.15. The zero-order chi connectivity index (χ0) is 23.5. The van der Waals surface area contributed by atoms with E-state index in [9.17, 15) is 27.2 Å². The Morgan fingerprint density at radius 2 is 1.81 bits per heavy atom. The van der Waals surface area contributed by atoms with E-state index < -0.39 is 24.1 Å². The van der Waals surface area contributed by atoms with Crippen molar-refractivity contribution in [3.8, 4) is 11.9 Å². The molecule has 4 aromatic rings. The maximum atomic E-state index is 13.4. The van der Waals surface area contributed by atoms with Gasteiger partial charge in [-0.1, -0.05) is 6.07 Å². The zero-order valence-electron chi connectivity index (χ0n) is 16.6. The third kappa shape index (κ3) is 3.68. The first-order valence-electron chi connectivity index (χ1n) is 9.20. The maximum absolute atomic E-state index is 13.4. The van der Waals surface area contributed by atoms with Gasteiger partial charge in [0.05, 0.1) is 34.9 Å². The van der Waals surface area contributed by atoms with Crippen molar-refractivity contribution in [1.29, 1.82) is 5.26 Å². The molecule has 32 heavy (non-hydrogen) atoms. The molecule has 0 amide bonds. The van der Waals surface area contributed by atoms with Gasteiger partial charge in [-0.3, -0.25) is 4.68 Å². The Morgan fingerprint density at radius 3 is 2.47 bits per heavy atom. The van der Waals surface area contributed by atoms with Gasteiger partial charge in [0.25, 0.3) is 0 Å². The molecule has 0 aliphatic carbocycles. The molecule has 12 heteroatoms. The Balaban J connectivity index is 1.74. The fraction of sp³-hybridized carbons (Fsp3) is 0.300. The minimum Gasteiger partial charge on any atom is -0.257 e. The topological polar surface area (TPSA) is 72.3 Å². The van der Waals surface area contributed by atoms with Gasteiger partial charge in [-0.15, -0.1) is 0 Å². The number of aromatic nitrogens is 5. The minimum atomic E-state index is -5.68. The molecule has 0 fully saturated rings. The molecule has 3 heterocycles. The van der Waals surface area contributed by atoms with E-state index in [1.165, 1.54) is 23.1 Å². The van der Waals surface area contributed by atoms with E-state index in [4.69, 9.17) is 0 Å². The van der Waals surface area contributed by atoms with Gasteiger partial charge in [-0.05, 0) is 60.2 Å². The van der Waals surface area contributed by atoms with Crippen molar-refractivity contribution in [1.82, 2.24) is 24.5 Å². The van der Waals surface area contributed by atoms with Gasteiger partial charge in [-0.2, -0.15) is 37.4 Å². The van der Waals surface area contributed by atoms with Crippen LogP contribution in [0.1, 0.15) is 19.4 Å². The average molecular weight is 560 g/mol. The number of fused-ring (bicyclic) bond motifs is 2. The molecule has 0 aliphatic rings. The van der Waals surface area contributed by atoms with Crippen LogP contribution >= 0.6 is 22.6 Å². The van der Waals surface area contributed by atoms with E-state index >= 15 is 0 Å². The van der Waals surface area contributed by atoms with E-state index in [1.54, 1.807) is 13.8 Å². The lowest BCUT2D eigenvalue weighted by atomic mass is 9.86. The number of rotatable bonds is 4. The molecule has 0 spiro atoms. The number of hydrogen-bond donors (Lipinski definition) is 0. The van der Waals surface area contributed by atoms with Crippen LogP contribution in [-0.4, -0.2) is 36.6 Å². The van der Waals surface area contributed by atoms with Crippen molar-refractivity contribution < 1.29 is 22.0 Å². The monoisotopic (exact) mass is 560 g/mol. The number of alkyl halides is 5. The number of benzene rings is 1. The van der Waals surface area contributed by atoms with E-state index in [0.717, 1.165) is 14.7 Å². The van der Waals surface area contributed by atoms with Crippen LogP contribution < -0.4 is 0 Å². The second kappa shape index (κ2) is 7.36. The molecule has 0 saturated carbocycles. The van der Waals surface area contributed by atoms with Crippen LogP contribution in [0.3, 0.4) is 0 Å². The highest BCUT2D eigenvalue weighted by Crippen LogP contribution is 2.37. The molecule has 4 rings (SSSR count). The van der Waals surface area contributed by atoms with Gasteiger partial charge in [-0.25, -0.2) is 9.67 Å². The number of nitriles is 1. The van der Waals surface area contributed by atoms with Crippen LogP contribution in [0.25, 0.3) is 27.6 Å². The van der Waals surface area contributed by atoms with Crippen molar-refractivity contribution in [2.24, 2.45) is 0 Å². The molecule has 1 aromatic carbocycles. The van der Waals surface area contributed by atoms with Gasteiger partial charge in [0, 0.05) is 10.8 Å². The second-order valence-corrected chi connectivity index (χ2v) is 8.80. The summed E-state index contributed by atoms with van der Waals surface area (Å²) < 4.78 is 67.4. The molecule has 6 nitrogen and oxygen atoms in total. The van der Waals surface area contributed by atoms with Crippen molar-refractivity contribution in [2.75, 3.05) is 0 Å². The number of nitrogens with zero attached hydrogens (tertiary/aromatic N) is 6. The van der Waals surface area contributed by atoms with Gasteiger partial charge < -0.3 is 0 Å². The normalized spacial score (nSPS) is 13.1. The summed E-state index contributed by atoms with van der Waals surface area (Å²) in [7, 11) is 0.